The molecular formula is C23H22ClFN8. The van der Waals surface area contributed by atoms with Crippen molar-refractivity contribution in [2.45, 2.75) is 50.2 Å². The van der Waals surface area contributed by atoms with E-state index in [9.17, 15) is 9.65 Å². The van der Waals surface area contributed by atoms with Gasteiger partial charge in [0.1, 0.15) is 11.4 Å². The Morgan fingerprint density at radius 2 is 1.85 bits per heavy atom. The molecule has 2 aromatic heterocycles. The van der Waals surface area contributed by atoms with Gasteiger partial charge in [0.15, 0.2) is 11.6 Å². The van der Waals surface area contributed by atoms with Gasteiger partial charge in [0.25, 0.3) is 0 Å². The molecule has 0 atom stereocenters. The molecule has 6 rings (SSSR count). The van der Waals surface area contributed by atoms with Crippen molar-refractivity contribution in [1.82, 2.24) is 29.6 Å². The third-order valence-corrected chi connectivity index (χ3v) is 7.25. The van der Waals surface area contributed by atoms with Crippen molar-refractivity contribution >= 4 is 17.5 Å². The lowest BCUT2D eigenvalue weighted by atomic mass is 9.95. The van der Waals surface area contributed by atoms with E-state index in [0.717, 1.165) is 61.7 Å². The summed E-state index contributed by atoms with van der Waals surface area (Å²) >= 11 is 6.35. The molecule has 1 aromatic carbocycles. The van der Waals surface area contributed by atoms with Gasteiger partial charge < -0.3 is 4.90 Å². The molecule has 168 valence electrons. The first-order valence-corrected chi connectivity index (χ1v) is 11.6. The van der Waals surface area contributed by atoms with Gasteiger partial charge in [0.2, 0.25) is 5.95 Å². The summed E-state index contributed by atoms with van der Waals surface area (Å²) < 4.78 is 15.4. The summed E-state index contributed by atoms with van der Waals surface area (Å²) in [6, 6.07) is 8.44. The molecule has 0 spiro atoms. The first kappa shape index (κ1) is 20.5. The zero-order chi connectivity index (χ0) is 22.6. The van der Waals surface area contributed by atoms with Gasteiger partial charge in [-0.3, -0.25) is 9.47 Å². The van der Waals surface area contributed by atoms with E-state index in [1.165, 1.54) is 12.4 Å². The van der Waals surface area contributed by atoms with E-state index in [2.05, 4.69) is 40.6 Å². The number of aromatic nitrogens is 5. The molecule has 8 nitrogen and oxygen atoms in total. The number of nitriles is 1. The van der Waals surface area contributed by atoms with Crippen molar-refractivity contribution in [3.05, 3.63) is 58.6 Å². The summed E-state index contributed by atoms with van der Waals surface area (Å²) in [5, 5.41) is 19.7. The van der Waals surface area contributed by atoms with Gasteiger partial charge in [-0.05, 0) is 49.4 Å². The largest absolute Gasteiger partial charge is 0.341 e. The van der Waals surface area contributed by atoms with E-state index in [1.807, 2.05) is 18.2 Å². The lowest BCUT2D eigenvalue weighted by Crippen LogP contribution is -2.35. The quantitative estimate of drug-likeness (QED) is 0.585. The Balaban J connectivity index is 1.32. The molecule has 1 saturated carbocycles. The van der Waals surface area contributed by atoms with Gasteiger partial charge in [0.05, 0.1) is 30.7 Å². The fourth-order valence-electron chi connectivity index (χ4n) is 5.02. The van der Waals surface area contributed by atoms with Gasteiger partial charge in [0, 0.05) is 30.6 Å². The van der Waals surface area contributed by atoms with Crippen molar-refractivity contribution in [3.8, 4) is 11.8 Å². The normalized spacial score (nSPS) is 20.0. The van der Waals surface area contributed by atoms with Crippen molar-refractivity contribution in [2.24, 2.45) is 0 Å². The number of fused-ring (bicyclic) bond motifs is 3. The molecule has 3 aromatic rings. The van der Waals surface area contributed by atoms with Crippen molar-refractivity contribution < 1.29 is 4.39 Å². The number of benzene rings is 1. The Hall–Kier alpha value is -3.09. The Bertz CT molecular complexity index is 1240. The molecule has 0 amide bonds. The number of anilines is 1. The second kappa shape index (κ2) is 7.75. The van der Waals surface area contributed by atoms with Crippen molar-refractivity contribution in [3.63, 3.8) is 0 Å². The first-order chi connectivity index (χ1) is 16.1. The van der Waals surface area contributed by atoms with E-state index >= 15 is 0 Å². The van der Waals surface area contributed by atoms with E-state index in [-0.39, 0.29) is 5.92 Å². The lowest BCUT2D eigenvalue weighted by molar-refractivity contribution is 0.197. The highest BCUT2D eigenvalue weighted by Gasteiger charge is 2.50. The molecule has 3 aliphatic rings. The summed E-state index contributed by atoms with van der Waals surface area (Å²) in [5.74, 6) is 2.14. The predicted octanol–water partition coefficient (Wildman–Crippen LogP) is 3.61. The monoisotopic (exact) mass is 464 g/mol. The van der Waals surface area contributed by atoms with Crippen LogP contribution < -0.4 is 4.90 Å². The van der Waals surface area contributed by atoms with Crippen LogP contribution in [0.3, 0.4) is 0 Å². The highest BCUT2D eigenvalue weighted by atomic mass is 35.5. The second-order valence-corrected chi connectivity index (χ2v) is 9.48. The number of hydrogen-bond donors (Lipinski definition) is 0. The third-order valence-electron chi connectivity index (χ3n) is 7.02. The van der Waals surface area contributed by atoms with Crippen LogP contribution in [0.4, 0.5) is 10.3 Å². The number of hydrogen-bond acceptors (Lipinski definition) is 7. The summed E-state index contributed by atoms with van der Waals surface area (Å²) in [6.07, 6.45) is 5.90. The molecule has 0 bridgehead atoms. The van der Waals surface area contributed by atoms with Crippen LogP contribution in [0.1, 0.15) is 48.8 Å². The minimum atomic E-state index is -0.433. The summed E-state index contributed by atoms with van der Waals surface area (Å²) in [6.45, 7) is 2.76. The molecule has 2 fully saturated rings. The van der Waals surface area contributed by atoms with Crippen LogP contribution in [0, 0.1) is 17.1 Å². The van der Waals surface area contributed by atoms with Crippen LogP contribution in [0.5, 0.6) is 0 Å². The van der Waals surface area contributed by atoms with E-state index in [1.54, 1.807) is 0 Å². The Morgan fingerprint density at radius 1 is 1.09 bits per heavy atom. The number of nitrogens with zero attached hydrogens (tertiary/aromatic N) is 8. The van der Waals surface area contributed by atoms with Crippen LogP contribution >= 0.6 is 11.6 Å². The summed E-state index contributed by atoms with van der Waals surface area (Å²) in [5.41, 5.74) is 1.71. The third kappa shape index (κ3) is 3.54. The highest BCUT2D eigenvalue weighted by Crippen LogP contribution is 2.44. The van der Waals surface area contributed by atoms with E-state index in [4.69, 9.17) is 11.6 Å². The minimum absolute atomic E-state index is 0.226. The standard InChI is InChI=1S/C23H22ClFN8/c24-17-1-2-19-16(9-17)12-32(23(14-26)5-6-23)13-20-29-30-21(33(19)20)15-3-7-31(8-4-15)22-27-10-18(25)11-28-22/h1-2,9-11,15H,3-8,12-13H2. The molecule has 2 aliphatic heterocycles. The maximum atomic E-state index is 13.2. The molecule has 0 unspecified atom stereocenters. The maximum Gasteiger partial charge on any atom is 0.225 e. The second-order valence-electron chi connectivity index (χ2n) is 9.04. The Morgan fingerprint density at radius 3 is 2.55 bits per heavy atom. The average molecular weight is 465 g/mol. The first-order valence-electron chi connectivity index (χ1n) is 11.2. The van der Waals surface area contributed by atoms with Gasteiger partial charge in [-0.15, -0.1) is 10.2 Å². The van der Waals surface area contributed by atoms with Gasteiger partial charge >= 0.3 is 0 Å². The van der Waals surface area contributed by atoms with Crippen molar-refractivity contribution in [1.29, 1.82) is 5.26 Å². The molecule has 1 saturated heterocycles. The average Bonchev–Trinajstić information content (AvgIpc) is 3.56. The van der Waals surface area contributed by atoms with Crippen LogP contribution in [0.25, 0.3) is 5.69 Å². The predicted molar refractivity (Wildman–Crippen MR) is 119 cm³/mol. The minimum Gasteiger partial charge on any atom is -0.341 e. The van der Waals surface area contributed by atoms with Crippen LogP contribution in [0.2, 0.25) is 5.02 Å². The van der Waals surface area contributed by atoms with Crippen LogP contribution in [-0.4, -0.2) is 48.3 Å². The molecule has 1 aliphatic carbocycles. The molecule has 0 N–H and O–H groups in total. The SMILES string of the molecule is N#CC1(N2Cc3cc(Cl)ccc3-n3c(nnc3C3CCN(c4ncc(F)cn4)CC3)C2)CC1. The van der Waals surface area contributed by atoms with Crippen molar-refractivity contribution in [2.75, 3.05) is 18.0 Å². The summed E-state index contributed by atoms with van der Waals surface area (Å²) in [4.78, 5) is 12.5. The zero-order valence-corrected chi connectivity index (χ0v) is 18.7. The lowest BCUT2D eigenvalue weighted by Gasteiger charge is -2.31. The van der Waals surface area contributed by atoms with Gasteiger partial charge in [-0.1, -0.05) is 11.6 Å². The maximum absolute atomic E-state index is 13.2. The molecule has 4 heterocycles. The number of rotatable bonds is 3. The smallest absolute Gasteiger partial charge is 0.225 e. The fourth-order valence-corrected chi connectivity index (χ4v) is 5.21. The van der Waals surface area contributed by atoms with Gasteiger partial charge in [-0.25, -0.2) is 14.4 Å². The Kier molecular flexibility index (Phi) is 4.82. The van der Waals surface area contributed by atoms with E-state index < -0.39 is 11.4 Å². The Labute approximate surface area is 195 Å². The number of piperidine rings is 1. The topological polar surface area (TPSA) is 86.8 Å². The summed E-state index contributed by atoms with van der Waals surface area (Å²) in [7, 11) is 0. The molecular weight excluding hydrogens is 443 g/mol. The number of halogens is 2. The highest BCUT2D eigenvalue weighted by molar-refractivity contribution is 6.30. The molecule has 0 radical (unpaired) electrons. The molecule has 33 heavy (non-hydrogen) atoms. The van der Waals surface area contributed by atoms with E-state index in [0.29, 0.717) is 24.1 Å². The van der Waals surface area contributed by atoms with Crippen LogP contribution in [-0.2, 0) is 13.1 Å². The zero-order valence-electron chi connectivity index (χ0n) is 18.0. The fraction of sp³-hybridized carbons (Fsp3) is 0.435. The molecule has 10 heteroatoms. The van der Waals surface area contributed by atoms with Crippen LogP contribution in [0.15, 0.2) is 30.6 Å². The van der Waals surface area contributed by atoms with Gasteiger partial charge in [-0.2, -0.15) is 5.26 Å².